The Morgan fingerprint density at radius 2 is 1.06 bits per heavy atom. The van der Waals surface area contributed by atoms with E-state index in [1.54, 1.807) is 0 Å². The quantitative estimate of drug-likeness (QED) is 0.371. The predicted molar refractivity (Wildman–Crippen MR) is 89.3 cm³/mol. The zero-order valence-corrected chi connectivity index (χ0v) is 15.2. The van der Waals surface area contributed by atoms with Crippen molar-refractivity contribution in [1.29, 1.82) is 0 Å². The summed E-state index contributed by atoms with van der Waals surface area (Å²) < 4.78 is 140. The molecule has 3 rings (SSSR count). The molecule has 170 valence electrons. The van der Waals surface area contributed by atoms with Crippen molar-refractivity contribution in [3.63, 3.8) is 0 Å². The topological polar surface area (TPSA) is 18.5 Å². The summed E-state index contributed by atoms with van der Waals surface area (Å²) in [5, 5.41) is 0. The maximum Gasteiger partial charge on any atom is 0.573 e. The van der Waals surface area contributed by atoms with Crippen LogP contribution >= 0.6 is 0 Å². The Kier molecular flexibility index (Phi) is 5.98. The molecule has 32 heavy (non-hydrogen) atoms. The van der Waals surface area contributed by atoms with Crippen LogP contribution < -0.4 is 9.47 Å². The lowest BCUT2D eigenvalue weighted by Crippen LogP contribution is -2.25. The number of alkyl halides is 5. The van der Waals surface area contributed by atoms with Gasteiger partial charge in [0.2, 0.25) is 5.75 Å². The van der Waals surface area contributed by atoms with E-state index in [-0.39, 0.29) is 23.3 Å². The molecule has 0 saturated carbocycles. The number of hydrogen-bond donors (Lipinski definition) is 0. The molecule has 0 aliphatic carbocycles. The van der Waals surface area contributed by atoms with Crippen LogP contribution in [0.1, 0.15) is 5.56 Å². The van der Waals surface area contributed by atoms with E-state index in [1.807, 2.05) is 0 Å². The molecule has 0 radical (unpaired) electrons. The summed E-state index contributed by atoms with van der Waals surface area (Å²) in [5.41, 5.74) is -2.15. The highest BCUT2D eigenvalue weighted by Crippen LogP contribution is 2.37. The van der Waals surface area contributed by atoms with Gasteiger partial charge >= 0.3 is 12.5 Å². The highest BCUT2D eigenvalue weighted by atomic mass is 19.4. The molecule has 3 aromatic rings. The molecular weight excluding hydrogens is 462 g/mol. The van der Waals surface area contributed by atoms with Gasteiger partial charge in [-0.2, -0.15) is 8.78 Å². The molecule has 0 bridgehead atoms. The molecule has 2 nitrogen and oxygen atoms in total. The molecule has 0 amide bonds. The van der Waals surface area contributed by atoms with Crippen molar-refractivity contribution in [3.8, 4) is 22.6 Å². The fraction of sp³-hybridized carbons (Fsp3) is 0.100. The van der Waals surface area contributed by atoms with Crippen LogP contribution in [0.2, 0.25) is 0 Å². The minimum Gasteiger partial charge on any atom is -0.429 e. The molecule has 0 unspecified atom stereocenters. The Morgan fingerprint density at radius 1 is 0.562 bits per heavy atom. The van der Waals surface area contributed by atoms with Gasteiger partial charge in [-0.1, -0.05) is 12.1 Å². The maximum absolute atomic E-state index is 14.2. The van der Waals surface area contributed by atoms with E-state index in [0.717, 1.165) is 24.3 Å². The van der Waals surface area contributed by atoms with Gasteiger partial charge in [0.15, 0.2) is 11.6 Å². The summed E-state index contributed by atoms with van der Waals surface area (Å²) in [7, 11) is 0. The molecule has 0 saturated heterocycles. The van der Waals surface area contributed by atoms with Gasteiger partial charge in [0.1, 0.15) is 28.8 Å². The molecule has 0 aliphatic rings. The van der Waals surface area contributed by atoms with E-state index in [1.165, 1.54) is 0 Å². The first-order valence-electron chi connectivity index (χ1n) is 8.34. The van der Waals surface area contributed by atoms with Crippen LogP contribution in [0.15, 0.2) is 48.5 Å². The minimum absolute atomic E-state index is 0.0313. The van der Waals surface area contributed by atoms with Crippen molar-refractivity contribution < 1.29 is 53.4 Å². The van der Waals surface area contributed by atoms with Crippen LogP contribution in [-0.4, -0.2) is 6.36 Å². The van der Waals surface area contributed by atoms with Gasteiger partial charge in [-0.25, -0.2) is 22.0 Å². The van der Waals surface area contributed by atoms with E-state index >= 15 is 0 Å². The standard InChI is InChI=1S/C20H8F10O2/c21-11-7-13(22)17(14(23)8-11)19(26,27)31-12-3-1-9(2-4-12)10-5-15(24)18(16(25)6-10)32-20(28,29)30/h1-8H. The third-order valence-corrected chi connectivity index (χ3v) is 3.95. The normalized spacial score (nSPS) is 12.1. The van der Waals surface area contributed by atoms with Crippen LogP contribution in [0, 0.1) is 29.1 Å². The molecule has 0 heterocycles. The summed E-state index contributed by atoms with van der Waals surface area (Å²) in [6.45, 7) is 0. The summed E-state index contributed by atoms with van der Waals surface area (Å²) in [6, 6.07) is 4.79. The molecule has 0 fully saturated rings. The molecule has 0 aromatic heterocycles. The van der Waals surface area contributed by atoms with Crippen LogP contribution in [0.3, 0.4) is 0 Å². The van der Waals surface area contributed by atoms with Gasteiger partial charge in [0, 0.05) is 12.1 Å². The SMILES string of the molecule is Fc1cc(F)c(C(F)(F)Oc2ccc(-c3cc(F)c(OC(F)(F)F)c(F)c3)cc2)c(F)c1. The fourth-order valence-corrected chi connectivity index (χ4v) is 2.67. The summed E-state index contributed by atoms with van der Waals surface area (Å²) in [4.78, 5) is 0. The zero-order valence-electron chi connectivity index (χ0n) is 15.2. The Bertz CT molecular complexity index is 1090. The maximum atomic E-state index is 14.2. The molecule has 0 atom stereocenters. The monoisotopic (exact) mass is 470 g/mol. The number of halogens is 10. The Hall–Kier alpha value is -3.44. The van der Waals surface area contributed by atoms with Gasteiger partial charge in [0.25, 0.3) is 0 Å². The van der Waals surface area contributed by atoms with Crippen molar-refractivity contribution >= 4 is 0 Å². The van der Waals surface area contributed by atoms with E-state index in [4.69, 9.17) is 0 Å². The second-order valence-corrected chi connectivity index (χ2v) is 6.20. The second-order valence-electron chi connectivity index (χ2n) is 6.20. The third-order valence-electron chi connectivity index (χ3n) is 3.95. The Morgan fingerprint density at radius 3 is 1.53 bits per heavy atom. The van der Waals surface area contributed by atoms with Crippen LogP contribution in [-0.2, 0) is 6.11 Å². The van der Waals surface area contributed by atoms with Gasteiger partial charge in [-0.05, 0) is 35.4 Å². The summed E-state index contributed by atoms with van der Waals surface area (Å²) in [5.74, 6) is -10.9. The summed E-state index contributed by atoms with van der Waals surface area (Å²) >= 11 is 0. The number of benzene rings is 3. The lowest BCUT2D eigenvalue weighted by Gasteiger charge is -2.19. The molecule has 0 spiro atoms. The first kappa shape index (κ1) is 23.2. The van der Waals surface area contributed by atoms with E-state index < -0.39 is 58.6 Å². The van der Waals surface area contributed by atoms with Crippen LogP contribution in [0.5, 0.6) is 11.5 Å². The van der Waals surface area contributed by atoms with Crippen molar-refractivity contribution in [3.05, 3.63) is 83.2 Å². The van der Waals surface area contributed by atoms with E-state index in [2.05, 4.69) is 9.47 Å². The molecule has 3 aromatic carbocycles. The highest BCUT2D eigenvalue weighted by molar-refractivity contribution is 5.65. The second kappa shape index (κ2) is 8.24. The van der Waals surface area contributed by atoms with Crippen molar-refractivity contribution in [2.24, 2.45) is 0 Å². The third kappa shape index (κ3) is 5.06. The molecular formula is C20H8F10O2. The van der Waals surface area contributed by atoms with E-state index in [0.29, 0.717) is 12.1 Å². The van der Waals surface area contributed by atoms with Gasteiger partial charge < -0.3 is 9.47 Å². The average molecular weight is 470 g/mol. The minimum atomic E-state index is -5.34. The number of rotatable bonds is 5. The first-order valence-corrected chi connectivity index (χ1v) is 8.34. The average Bonchev–Trinajstić information content (AvgIpc) is 2.63. The Labute approximate surface area is 172 Å². The largest absolute Gasteiger partial charge is 0.573 e. The summed E-state index contributed by atoms with van der Waals surface area (Å²) in [6.07, 6.45) is -9.89. The van der Waals surface area contributed by atoms with Crippen molar-refractivity contribution in [2.75, 3.05) is 0 Å². The number of hydrogen-bond acceptors (Lipinski definition) is 2. The van der Waals surface area contributed by atoms with Crippen molar-refractivity contribution in [2.45, 2.75) is 12.5 Å². The number of ether oxygens (including phenoxy) is 2. The van der Waals surface area contributed by atoms with Gasteiger partial charge in [0.05, 0.1) is 0 Å². The van der Waals surface area contributed by atoms with E-state index in [9.17, 15) is 43.9 Å². The molecule has 0 N–H and O–H groups in total. The van der Waals surface area contributed by atoms with Crippen molar-refractivity contribution in [1.82, 2.24) is 0 Å². The molecule has 0 aliphatic heterocycles. The Balaban J connectivity index is 1.86. The highest BCUT2D eigenvalue weighted by Gasteiger charge is 2.41. The fourth-order valence-electron chi connectivity index (χ4n) is 2.67. The lowest BCUT2D eigenvalue weighted by molar-refractivity contribution is -0.276. The van der Waals surface area contributed by atoms with Crippen LogP contribution in [0.4, 0.5) is 43.9 Å². The van der Waals surface area contributed by atoms with Gasteiger partial charge in [-0.15, -0.1) is 13.2 Å². The lowest BCUT2D eigenvalue weighted by atomic mass is 10.0. The van der Waals surface area contributed by atoms with Crippen LogP contribution in [0.25, 0.3) is 11.1 Å². The zero-order chi connectivity index (χ0) is 23.8. The molecule has 12 heteroatoms. The smallest absolute Gasteiger partial charge is 0.429 e. The first-order chi connectivity index (χ1) is 14.8. The van der Waals surface area contributed by atoms with Gasteiger partial charge in [-0.3, -0.25) is 0 Å². The predicted octanol–water partition coefficient (Wildman–Crippen LogP) is 7.08.